The summed E-state index contributed by atoms with van der Waals surface area (Å²) in [4.78, 5) is 32.3. The van der Waals surface area contributed by atoms with Gasteiger partial charge < -0.3 is 10.4 Å². The van der Waals surface area contributed by atoms with Gasteiger partial charge in [0.25, 0.3) is 0 Å². The molecule has 1 saturated heterocycles. The number of rotatable bonds is 2. The number of carbonyl (C=O) groups is 3. The smallest absolute Gasteiger partial charge is 0.327 e. The highest BCUT2D eigenvalue weighted by Crippen LogP contribution is 2.10. The van der Waals surface area contributed by atoms with E-state index in [1.165, 1.54) is 0 Å². The first kappa shape index (κ1) is 9.79. The maximum Gasteiger partial charge on any atom is 0.327 e. The number of amides is 3. The number of urea groups is 1. The minimum absolute atomic E-state index is 0.150. The molecule has 13 heavy (non-hydrogen) atoms. The van der Waals surface area contributed by atoms with Gasteiger partial charge in [-0.15, -0.1) is 11.6 Å². The second-order valence-electron chi connectivity index (χ2n) is 2.54. The molecule has 1 aliphatic heterocycles. The van der Waals surface area contributed by atoms with Gasteiger partial charge in [-0.1, -0.05) is 0 Å². The number of aliphatic carboxylic acids is 1. The monoisotopic (exact) mass is 206 g/mol. The van der Waals surface area contributed by atoms with E-state index in [0.717, 1.165) is 0 Å². The highest BCUT2D eigenvalue weighted by molar-refractivity contribution is 6.20. The van der Waals surface area contributed by atoms with Crippen molar-refractivity contribution in [2.75, 3.05) is 5.88 Å². The van der Waals surface area contributed by atoms with E-state index < -0.39 is 29.9 Å². The van der Waals surface area contributed by atoms with Crippen LogP contribution in [0.2, 0.25) is 0 Å². The van der Waals surface area contributed by atoms with Crippen LogP contribution in [0.15, 0.2) is 0 Å². The van der Waals surface area contributed by atoms with Crippen LogP contribution in [0.5, 0.6) is 0 Å². The largest absolute Gasteiger partial charge is 0.480 e. The Bertz CT molecular complexity index is 267. The minimum Gasteiger partial charge on any atom is -0.480 e. The summed E-state index contributed by atoms with van der Waals surface area (Å²) in [5, 5.41) is 12.6. The first-order valence-corrected chi connectivity index (χ1v) is 4.00. The summed E-state index contributed by atoms with van der Waals surface area (Å²) in [6.45, 7) is 0. The van der Waals surface area contributed by atoms with E-state index in [4.69, 9.17) is 16.7 Å². The van der Waals surface area contributed by atoms with Gasteiger partial charge >= 0.3 is 12.0 Å². The molecule has 1 heterocycles. The third-order valence-corrected chi connectivity index (χ3v) is 2.03. The third-order valence-electron chi connectivity index (χ3n) is 1.69. The number of nitrogens with one attached hydrogen (secondary N) is 2. The molecule has 3 N–H and O–H groups in total. The Morgan fingerprint density at radius 2 is 2.15 bits per heavy atom. The van der Waals surface area contributed by atoms with Gasteiger partial charge in [0.2, 0.25) is 5.91 Å². The maximum atomic E-state index is 11.0. The van der Waals surface area contributed by atoms with Crippen LogP contribution in [-0.2, 0) is 9.59 Å². The molecule has 0 spiro atoms. The van der Waals surface area contributed by atoms with Crippen molar-refractivity contribution in [1.82, 2.24) is 10.6 Å². The van der Waals surface area contributed by atoms with E-state index in [2.05, 4.69) is 5.32 Å². The summed E-state index contributed by atoms with van der Waals surface area (Å²) in [5.41, 5.74) is 0. The van der Waals surface area contributed by atoms with Gasteiger partial charge in [-0.25, -0.2) is 9.59 Å². The lowest BCUT2D eigenvalue weighted by Gasteiger charge is -2.26. The molecule has 0 aromatic carbocycles. The standard InChI is InChI=1S/C6H7ClN2O4/c7-1-2-3(5(11)12)8-6(13)9-4(2)10/h2-3H,1H2,(H,11,12)(H2,8,9,10,13). The van der Waals surface area contributed by atoms with Crippen molar-refractivity contribution in [2.24, 2.45) is 5.92 Å². The van der Waals surface area contributed by atoms with Gasteiger partial charge in [-0.2, -0.15) is 0 Å². The lowest BCUT2D eigenvalue weighted by molar-refractivity contribution is -0.144. The molecule has 1 fully saturated rings. The van der Waals surface area contributed by atoms with Crippen LogP contribution in [0.4, 0.5) is 4.79 Å². The Morgan fingerprint density at radius 1 is 1.54 bits per heavy atom. The van der Waals surface area contributed by atoms with Crippen LogP contribution in [-0.4, -0.2) is 34.9 Å². The summed E-state index contributed by atoms with van der Waals surface area (Å²) in [6, 6.07) is -2.04. The number of carboxylic acids is 1. The number of hydrogen-bond acceptors (Lipinski definition) is 3. The zero-order valence-electron chi connectivity index (χ0n) is 6.41. The number of halogens is 1. The molecule has 0 saturated carbocycles. The fourth-order valence-corrected chi connectivity index (χ4v) is 1.35. The van der Waals surface area contributed by atoms with Crippen molar-refractivity contribution in [2.45, 2.75) is 6.04 Å². The molecule has 0 aromatic rings. The molecule has 1 rings (SSSR count). The third kappa shape index (κ3) is 1.89. The molecule has 3 amide bonds. The molecular formula is C6H7ClN2O4. The van der Waals surface area contributed by atoms with Crippen LogP contribution in [0.3, 0.4) is 0 Å². The van der Waals surface area contributed by atoms with E-state index in [-0.39, 0.29) is 5.88 Å². The number of hydrogen-bond donors (Lipinski definition) is 3. The van der Waals surface area contributed by atoms with Crippen LogP contribution < -0.4 is 10.6 Å². The van der Waals surface area contributed by atoms with Gasteiger partial charge in [0.05, 0.1) is 5.92 Å². The summed E-state index contributed by atoms with van der Waals surface area (Å²) in [6.07, 6.45) is 0. The highest BCUT2D eigenvalue weighted by atomic mass is 35.5. The normalized spacial score (nSPS) is 27.8. The molecule has 0 aliphatic carbocycles. The van der Waals surface area contributed by atoms with Gasteiger partial charge in [0.15, 0.2) is 0 Å². The minimum atomic E-state index is -1.27. The lowest BCUT2D eigenvalue weighted by Crippen LogP contribution is -2.61. The van der Waals surface area contributed by atoms with E-state index in [1.54, 1.807) is 0 Å². The van der Waals surface area contributed by atoms with Crippen molar-refractivity contribution >= 4 is 29.5 Å². The van der Waals surface area contributed by atoms with Crippen LogP contribution >= 0.6 is 11.6 Å². The molecule has 7 heteroatoms. The van der Waals surface area contributed by atoms with Crippen molar-refractivity contribution in [1.29, 1.82) is 0 Å². The fraction of sp³-hybridized carbons (Fsp3) is 0.500. The number of carboxylic acid groups (broad SMARTS) is 1. The van der Waals surface area contributed by atoms with Gasteiger partial charge in [0, 0.05) is 5.88 Å². The van der Waals surface area contributed by atoms with Gasteiger partial charge in [-0.05, 0) is 0 Å². The predicted octanol–water partition coefficient (Wildman–Crippen LogP) is -0.866. The van der Waals surface area contributed by atoms with E-state index in [9.17, 15) is 14.4 Å². The molecule has 0 radical (unpaired) electrons. The van der Waals surface area contributed by atoms with Gasteiger partial charge in [-0.3, -0.25) is 10.1 Å². The lowest BCUT2D eigenvalue weighted by atomic mass is 9.99. The molecule has 2 unspecified atom stereocenters. The predicted molar refractivity (Wildman–Crippen MR) is 42.3 cm³/mol. The molecule has 0 bridgehead atoms. The zero-order valence-corrected chi connectivity index (χ0v) is 7.17. The summed E-state index contributed by atoms with van der Waals surface area (Å²) < 4.78 is 0. The second-order valence-corrected chi connectivity index (χ2v) is 2.85. The van der Waals surface area contributed by atoms with E-state index in [0.29, 0.717) is 0 Å². The quantitative estimate of drug-likeness (QED) is 0.512. The Labute approximate surface area is 78.2 Å². The topological polar surface area (TPSA) is 95.5 Å². The fourth-order valence-electron chi connectivity index (χ4n) is 1.03. The Balaban J connectivity index is 2.83. The first-order chi connectivity index (χ1) is 6.06. The van der Waals surface area contributed by atoms with Crippen molar-refractivity contribution < 1.29 is 19.5 Å². The number of imide groups is 1. The van der Waals surface area contributed by atoms with Gasteiger partial charge in [0.1, 0.15) is 6.04 Å². The van der Waals surface area contributed by atoms with E-state index >= 15 is 0 Å². The Hall–Kier alpha value is -1.30. The maximum absolute atomic E-state index is 11.0. The Morgan fingerprint density at radius 3 is 2.62 bits per heavy atom. The molecule has 2 atom stereocenters. The SMILES string of the molecule is O=C1NC(=O)C(CCl)C(C(=O)O)N1. The molecule has 6 nitrogen and oxygen atoms in total. The Kier molecular flexibility index (Phi) is 2.72. The van der Waals surface area contributed by atoms with Crippen LogP contribution in [0.25, 0.3) is 0 Å². The second kappa shape index (κ2) is 3.61. The highest BCUT2D eigenvalue weighted by Gasteiger charge is 2.39. The van der Waals surface area contributed by atoms with Crippen molar-refractivity contribution in [3.05, 3.63) is 0 Å². The van der Waals surface area contributed by atoms with E-state index in [1.807, 2.05) is 5.32 Å². The van der Waals surface area contributed by atoms with Crippen molar-refractivity contribution in [3.63, 3.8) is 0 Å². The number of alkyl halides is 1. The zero-order chi connectivity index (χ0) is 10.0. The molecule has 1 aliphatic rings. The molecule has 0 aromatic heterocycles. The average Bonchev–Trinajstić information content (AvgIpc) is 2.02. The average molecular weight is 207 g/mol. The molecule has 72 valence electrons. The summed E-state index contributed by atoms with van der Waals surface area (Å²) in [7, 11) is 0. The van der Waals surface area contributed by atoms with Crippen molar-refractivity contribution in [3.8, 4) is 0 Å². The first-order valence-electron chi connectivity index (χ1n) is 3.46. The van der Waals surface area contributed by atoms with Crippen LogP contribution in [0, 0.1) is 5.92 Å². The molecular weight excluding hydrogens is 200 g/mol. The summed E-state index contributed by atoms with van der Waals surface area (Å²) >= 11 is 5.39. The summed E-state index contributed by atoms with van der Waals surface area (Å²) in [5.74, 6) is -3.00. The number of carbonyl (C=O) groups excluding carboxylic acids is 2. The van der Waals surface area contributed by atoms with Crippen LogP contribution in [0.1, 0.15) is 0 Å².